The molecule has 2 atom stereocenters. The fourth-order valence-electron chi connectivity index (χ4n) is 4.78. The fraction of sp³-hybridized carbons (Fsp3) is 0.400. The maximum absolute atomic E-state index is 10.8. The van der Waals surface area contributed by atoms with Crippen molar-refractivity contribution in [3.05, 3.63) is 46.5 Å². The molecule has 1 aromatic carbocycles. The Hall–Kier alpha value is -2.36. The van der Waals surface area contributed by atoms with Crippen LogP contribution in [0.1, 0.15) is 59.8 Å². The number of allylic oxidation sites excluding steroid dienone is 2. The standard InChI is InChI=1S/C20H21NO3/c22-16-10-14-4-2-1-3-13(14)9-15(16)21-19(23)17-11-5-6-12(8-7-11)18(17)20(21)24/h5-6,9-12,22-24H,1-4,7-8H2/t11-,12+. The quantitative estimate of drug-likeness (QED) is 0.695. The largest absolute Gasteiger partial charge is 0.506 e. The molecule has 4 heteroatoms. The van der Waals surface area contributed by atoms with Crippen LogP contribution in [0.3, 0.4) is 0 Å². The Morgan fingerprint density at radius 3 is 1.88 bits per heavy atom. The highest BCUT2D eigenvalue weighted by molar-refractivity contribution is 5.63. The molecule has 1 aromatic heterocycles. The molecule has 0 aliphatic heterocycles. The van der Waals surface area contributed by atoms with Crippen LogP contribution in [-0.2, 0) is 12.8 Å². The number of aromatic nitrogens is 1. The molecule has 124 valence electrons. The summed E-state index contributed by atoms with van der Waals surface area (Å²) in [6.07, 6.45) is 10.5. The molecular weight excluding hydrogens is 302 g/mol. The highest BCUT2D eigenvalue weighted by Crippen LogP contribution is 2.54. The third-order valence-electron chi connectivity index (χ3n) is 5.98. The van der Waals surface area contributed by atoms with Crippen LogP contribution in [0.25, 0.3) is 5.69 Å². The Labute approximate surface area is 140 Å². The number of nitrogens with zero attached hydrogens (tertiary/aromatic N) is 1. The summed E-state index contributed by atoms with van der Waals surface area (Å²) in [5, 5.41) is 32.2. The van der Waals surface area contributed by atoms with E-state index in [2.05, 4.69) is 12.2 Å². The predicted molar refractivity (Wildman–Crippen MR) is 91.3 cm³/mol. The van der Waals surface area contributed by atoms with Gasteiger partial charge >= 0.3 is 0 Å². The first-order valence-corrected chi connectivity index (χ1v) is 8.85. The molecule has 2 aromatic rings. The lowest BCUT2D eigenvalue weighted by Gasteiger charge is -2.30. The van der Waals surface area contributed by atoms with Gasteiger partial charge in [-0.15, -0.1) is 0 Å². The zero-order chi connectivity index (χ0) is 16.4. The van der Waals surface area contributed by atoms with E-state index in [-0.39, 0.29) is 29.3 Å². The van der Waals surface area contributed by atoms with Crippen molar-refractivity contribution in [3.8, 4) is 23.2 Å². The number of phenolic OH excluding ortho intramolecular Hbond substituents is 1. The summed E-state index contributed by atoms with van der Waals surface area (Å²) in [6.45, 7) is 0. The van der Waals surface area contributed by atoms with Crippen molar-refractivity contribution >= 4 is 0 Å². The maximum atomic E-state index is 10.8. The second-order valence-electron chi connectivity index (χ2n) is 7.30. The second kappa shape index (κ2) is 4.82. The summed E-state index contributed by atoms with van der Waals surface area (Å²) in [6, 6.07) is 3.73. The van der Waals surface area contributed by atoms with Crippen molar-refractivity contribution in [3.63, 3.8) is 0 Å². The minimum atomic E-state index is 0.0765. The van der Waals surface area contributed by atoms with E-state index < -0.39 is 0 Å². The number of hydrogen-bond acceptors (Lipinski definition) is 3. The molecule has 0 saturated carbocycles. The lowest BCUT2D eigenvalue weighted by molar-refractivity contribution is 0.392. The van der Waals surface area contributed by atoms with Gasteiger partial charge in [0.2, 0.25) is 11.8 Å². The molecule has 0 unspecified atom stereocenters. The fourth-order valence-corrected chi connectivity index (χ4v) is 4.78. The Bertz CT molecular complexity index is 840. The third-order valence-corrected chi connectivity index (χ3v) is 5.98. The highest BCUT2D eigenvalue weighted by atomic mass is 16.3. The van der Waals surface area contributed by atoms with E-state index in [0.717, 1.165) is 49.7 Å². The van der Waals surface area contributed by atoms with Crippen LogP contribution >= 0.6 is 0 Å². The molecule has 3 N–H and O–H groups in total. The van der Waals surface area contributed by atoms with E-state index in [1.54, 1.807) is 6.07 Å². The third kappa shape index (κ3) is 1.74. The van der Waals surface area contributed by atoms with Gasteiger partial charge < -0.3 is 15.3 Å². The van der Waals surface area contributed by atoms with Gasteiger partial charge in [0.05, 0.1) is 5.69 Å². The van der Waals surface area contributed by atoms with Crippen LogP contribution in [-0.4, -0.2) is 19.9 Å². The van der Waals surface area contributed by atoms with Gasteiger partial charge in [0, 0.05) is 23.0 Å². The van der Waals surface area contributed by atoms with Crippen LogP contribution in [0.15, 0.2) is 24.3 Å². The van der Waals surface area contributed by atoms with Gasteiger partial charge in [-0.25, -0.2) is 4.57 Å². The summed E-state index contributed by atoms with van der Waals surface area (Å²) in [4.78, 5) is 0. The average molecular weight is 323 g/mol. The minimum absolute atomic E-state index is 0.0765. The van der Waals surface area contributed by atoms with Gasteiger partial charge in [0.15, 0.2) is 0 Å². The Morgan fingerprint density at radius 1 is 0.792 bits per heavy atom. The van der Waals surface area contributed by atoms with E-state index >= 15 is 0 Å². The van der Waals surface area contributed by atoms with E-state index in [1.165, 1.54) is 15.7 Å². The monoisotopic (exact) mass is 323 g/mol. The molecule has 6 rings (SSSR count). The van der Waals surface area contributed by atoms with Gasteiger partial charge in [0.1, 0.15) is 5.75 Å². The summed E-state index contributed by atoms with van der Waals surface area (Å²) in [5.41, 5.74) is 4.55. The average Bonchev–Trinajstić information content (AvgIpc) is 2.89. The number of aromatic hydroxyl groups is 3. The number of aryl methyl sites for hydroxylation is 2. The topological polar surface area (TPSA) is 65.6 Å². The lowest BCUT2D eigenvalue weighted by atomic mass is 9.73. The lowest BCUT2D eigenvalue weighted by Crippen LogP contribution is -2.15. The van der Waals surface area contributed by atoms with Crippen molar-refractivity contribution in [1.82, 2.24) is 4.57 Å². The molecule has 4 aliphatic rings. The number of fused-ring (bicyclic) bond motifs is 2. The van der Waals surface area contributed by atoms with Gasteiger partial charge in [0.25, 0.3) is 0 Å². The molecule has 24 heavy (non-hydrogen) atoms. The van der Waals surface area contributed by atoms with Crippen molar-refractivity contribution < 1.29 is 15.3 Å². The molecule has 0 fully saturated rings. The highest BCUT2D eigenvalue weighted by Gasteiger charge is 2.38. The maximum Gasteiger partial charge on any atom is 0.202 e. The van der Waals surface area contributed by atoms with Crippen LogP contribution < -0.4 is 0 Å². The Kier molecular flexibility index (Phi) is 2.82. The molecule has 0 saturated heterocycles. The Morgan fingerprint density at radius 2 is 1.33 bits per heavy atom. The molecule has 1 heterocycles. The van der Waals surface area contributed by atoms with E-state index in [9.17, 15) is 15.3 Å². The number of hydrogen-bond donors (Lipinski definition) is 3. The van der Waals surface area contributed by atoms with Gasteiger partial charge in [-0.3, -0.25) is 0 Å². The van der Waals surface area contributed by atoms with Crippen LogP contribution in [0.2, 0.25) is 0 Å². The van der Waals surface area contributed by atoms with E-state index in [0.29, 0.717) is 5.69 Å². The summed E-state index contributed by atoms with van der Waals surface area (Å²) < 4.78 is 1.44. The molecular formula is C20H21NO3. The van der Waals surface area contributed by atoms with Crippen molar-refractivity contribution in [2.24, 2.45) is 0 Å². The minimum Gasteiger partial charge on any atom is -0.506 e. The molecule has 0 radical (unpaired) electrons. The number of phenols is 1. The van der Waals surface area contributed by atoms with E-state index in [4.69, 9.17) is 0 Å². The first-order valence-electron chi connectivity index (χ1n) is 8.85. The van der Waals surface area contributed by atoms with Gasteiger partial charge in [-0.1, -0.05) is 12.2 Å². The SMILES string of the molecule is Oc1cc2c(cc1-n1c(O)c3c(c1O)[C@H]1C=C[C@@H]3CC1)CCCC2. The van der Waals surface area contributed by atoms with Crippen molar-refractivity contribution in [2.75, 3.05) is 0 Å². The normalized spacial score (nSPS) is 24.0. The van der Waals surface area contributed by atoms with Crippen molar-refractivity contribution in [1.29, 1.82) is 0 Å². The molecule has 4 aliphatic carbocycles. The van der Waals surface area contributed by atoms with Crippen LogP contribution in [0.5, 0.6) is 17.5 Å². The summed E-state index contributed by atoms with van der Waals surface area (Å²) in [5.74, 6) is 0.600. The van der Waals surface area contributed by atoms with Crippen LogP contribution in [0, 0.1) is 0 Å². The first kappa shape index (κ1) is 14.0. The van der Waals surface area contributed by atoms with Crippen LogP contribution in [0.4, 0.5) is 0 Å². The molecule has 4 nitrogen and oxygen atoms in total. The smallest absolute Gasteiger partial charge is 0.202 e. The second-order valence-corrected chi connectivity index (χ2v) is 7.30. The van der Waals surface area contributed by atoms with E-state index in [1.807, 2.05) is 6.07 Å². The molecule has 2 bridgehead atoms. The predicted octanol–water partition coefficient (Wildman–Crippen LogP) is 4.00. The number of benzene rings is 1. The first-order chi connectivity index (χ1) is 11.6. The van der Waals surface area contributed by atoms with Crippen molar-refractivity contribution in [2.45, 2.75) is 50.4 Å². The summed E-state index contributed by atoms with van der Waals surface area (Å²) >= 11 is 0. The van der Waals surface area contributed by atoms with Gasteiger partial charge in [-0.2, -0.15) is 0 Å². The Balaban J connectivity index is 1.73. The zero-order valence-electron chi connectivity index (χ0n) is 13.5. The molecule has 0 amide bonds. The number of rotatable bonds is 1. The zero-order valence-corrected chi connectivity index (χ0v) is 13.5. The summed E-state index contributed by atoms with van der Waals surface area (Å²) in [7, 11) is 0. The molecule has 0 spiro atoms. The van der Waals surface area contributed by atoms with Gasteiger partial charge in [-0.05, 0) is 61.8 Å².